The third kappa shape index (κ3) is 4.14. The van der Waals surface area contributed by atoms with Crippen molar-refractivity contribution in [3.8, 4) is 23.1 Å². The van der Waals surface area contributed by atoms with Gasteiger partial charge in [-0.25, -0.2) is 4.98 Å². The van der Waals surface area contributed by atoms with Crippen molar-refractivity contribution >= 4 is 39.9 Å². The van der Waals surface area contributed by atoms with E-state index in [1.807, 2.05) is 30.0 Å². The van der Waals surface area contributed by atoms with Crippen LogP contribution in [0.25, 0.3) is 22.2 Å². The molecule has 0 saturated carbocycles. The standard InChI is InChI=1S/C24H20Cl2N6O2/c1-13(22-19(25)10-28-11-20(22)26)34-17-2-3-21-18(7-17)23(31-30-21)15-6-14(8-27)24(29-9-15)32-5-4-16(33)12-32/h2-3,6-7,9-11,13,16,33H,4-5,12H2,1H3,(H,30,31)/t13-,16-/m1/s1. The second-order valence-corrected chi connectivity index (χ2v) is 8.97. The van der Waals surface area contributed by atoms with Gasteiger partial charge in [0, 0.05) is 48.2 Å². The van der Waals surface area contributed by atoms with E-state index in [9.17, 15) is 10.4 Å². The molecule has 4 heterocycles. The van der Waals surface area contributed by atoms with Crippen LogP contribution in [0.1, 0.15) is 30.6 Å². The van der Waals surface area contributed by atoms with Crippen LogP contribution in [0.5, 0.6) is 5.75 Å². The van der Waals surface area contributed by atoms with E-state index >= 15 is 0 Å². The van der Waals surface area contributed by atoms with Crippen LogP contribution in [0.15, 0.2) is 42.9 Å². The summed E-state index contributed by atoms with van der Waals surface area (Å²) >= 11 is 12.6. The lowest BCUT2D eigenvalue weighted by molar-refractivity contribution is 0.198. The maximum Gasteiger partial charge on any atom is 0.146 e. The molecule has 0 spiro atoms. The van der Waals surface area contributed by atoms with Gasteiger partial charge in [0.1, 0.15) is 29.4 Å². The molecule has 3 aromatic heterocycles. The number of aliphatic hydroxyl groups is 1. The highest BCUT2D eigenvalue weighted by atomic mass is 35.5. The third-order valence-corrected chi connectivity index (χ3v) is 6.47. The van der Waals surface area contributed by atoms with Crippen LogP contribution in [-0.4, -0.2) is 44.5 Å². The number of fused-ring (bicyclic) bond motifs is 1. The Bertz CT molecular complexity index is 1400. The Hall–Kier alpha value is -3.38. The van der Waals surface area contributed by atoms with Gasteiger partial charge in [0.2, 0.25) is 0 Å². The van der Waals surface area contributed by atoms with E-state index in [0.717, 1.165) is 10.9 Å². The maximum atomic E-state index is 9.84. The first-order chi connectivity index (χ1) is 16.4. The summed E-state index contributed by atoms with van der Waals surface area (Å²) in [6, 6.07) is 9.59. The van der Waals surface area contributed by atoms with Crippen molar-refractivity contribution in [2.24, 2.45) is 0 Å². The van der Waals surface area contributed by atoms with Crippen molar-refractivity contribution < 1.29 is 9.84 Å². The minimum absolute atomic E-state index is 0.402. The van der Waals surface area contributed by atoms with E-state index in [4.69, 9.17) is 27.9 Å². The van der Waals surface area contributed by atoms with E-state index in [2.05, 4.69) is 26.2 Å². The second kappa shape index (κ2) is 9.11. The number of aromatic nitrogens is 4. The van der Waals surface area contributed by atoms with Gasteiger partial charge in [0.15, 0.2) is 0 Å². The van der Waals surface area contributed by atoms with Gasteiger partial charge in [0.25, 0.3) is 0 Å². The Morgan fingerprint density at radius 3 is 2.74 bits per heavy atom. The molecule has 0 aliphatic carbocycles. The second-order valence-electron chi connectivity index (χ2n) is 8.15. The summed E-state index contributed by atoms with van der Waals surface area (Å²) < 4.78 is 6.14. The van der Waals surface area contributed by atoms with Crippen molar-refractivity contribution in [1.29, 1.82) is 5.26 Å². The number of nitrogens with zero attached hydrogens (tertiary/aromatic N) is 5. The lowest BCUT2D eigenvalue weighted by Crippen LogP contribution is -2.23. The van der Waals surface area contributed by atoms with Gasteiger partial charge < -0.3 is 14.7 Å². The Kier molecular flexibility index (Phi) is 6.00. The maximum absolute atomic E-state index is 9.84. The lowest BCUT2D eigenvalue weighted by atomic mass is 10.1. The first-order valence-corrected chi connectivity index (χ1v) is 11.5. The zero-order valence-electron chi connectivity index (χ0n) is 18.2. The van der Waals surface area contributed by atoms with Crippen LogP contribution < -0.4 is 9.64 Å². The zero-order chi connectivity index (χ0) is 23.8. The lowest BCUT2D eigenvalue weighted by Gasteiger charge is -2.18. The van der Waals surface area contributed by atoms with E-state index in [0.29, 0.717) is 63.5 Å². The number of ether oxygens (including phenoxy) is 1. The number of nitriles is 1. The number of anilines is 1. The van der Waals surface area contributed by atoms with E-state index in [1.54, 1.807) is 12.3 Å². The molecule has 34 heavy (non-hydrogen) atoms. The van der Waals surface area contributed by atoms with Gasteiger partial charge in [-0.05, 0) is 37.6 Å². The van der Waals surface area contributed by atoms with Gasteiger partial charge in [-0.3, -0.25) is 10.1 Å². The van der Waals surface area contributed by atoms with Gasteiger partial charge in [-0.1, -0.05) is 23.2 Å². The predicted molar refractivity (Wildman–Crippen MR) is 130 cm³/mol. The van der Waals surface area contributed by atoms with Crippen molar-refractivity contribution in [2.75, 3.05) is 18.0 Å². The Balaban J connectivity index is 1.47. The third-order valence-electron chi connectivity index (χ3n) is 5.87. The highest BCUT2D eigenvalue weighted by Gasteiger charge is 2.24. The SMILES string of the molecule is C[C@@H](Oc1ccc2[nH]nc(-c3cnc(N4CC[C@@H](O)C4)c(C#N)c3)c2c1)c1c(Cl)cncc1Cl. The van der Waals surface area contributed by atoms with Crippen molar-refractivity contribution in [1.82, 2.24) is 20.2 Å². The van der Waals surface area contributed by atoms with Crippen molar-refractivity contribution in [3.05, 3.63) is 64.0 Å². The number of rotatable bonds is 5. The average molecular weight is 495 g/mol. The highest BCUT2D eigenvalue weighted by molar-refractivity contribution is 6.35. The van der Waals surface area contributed by atoms with Crippen LogP contribution in [0.4, 0.5) is 5.82 Å². The summed E-state index contributed by atoms with van der Waals surface area (Å²) in [4.78, 5) is 10.4. The van der Waals surface area contributed by atoms with Crippen LogP contribution in [0.3, 0.4) is 0 Å². The molecule has 1 aliphatic heterocycles. The number of pyridine rings is 2. The fourth-order valence-electron chi connectivity index (χ4n) is 4.21. The fourth-order valence-corrected chi connectivity index (χ4v) is 4.89. The molecule has 0 unspecified atom stereocenters. The number of hydrogen-bond acceptors (Lipinski definition) is 7. The Labute approximate surface area is 205 Å². The number of nitrogens with one attached hydrogen (secondary N) is 1. The largest absolute Gasteiger partial charge is 0.486 e. The smallest absolute Gasteiger partial charge is 0.146 e. The van der Waals surface area contributed by atoms with E-state index in [-0.39, 0.29) is 0 Å². The molecule has 2 atom stereocenters. The van der Waals surface area contributed by atoms with E-state index < -0.39 is 12.2 Å². The molecule has 2 N–H and O–H groups in total. The molecule has 8 nitrogen and oxygen atoms in total. The number of benzene rings is 1. The van der Waals surface area contributed by atoms with Crippen LogP contribution in [-0.2, 0) is 0 Å². The van der Waals surface area contributed by atoms with Crippen molar-refractivity contribution in [3.63, 3.8) is 0 Å². The summed E-state index contributed by atoms with van der Waals surface area (Å²) in [6.45, 7) is 3.00. The quantitative estimate of drug-likeness (QED) is 0.405. The minimum Gasteiger partial charge on any atom is -0.486 e. The molecular formula is C24H20Cl2N6O2. The Morgan fingerprint density at radius 1 is 1.24 bits per heavy atom. The summed E-state index contributed by atoms with van der Waals surface area (Å²) in [5.74, 6) is 1.19. The van der Waals surface area contributed by atoms with E-state index in [1.165, 1.54) is 12.4 Å². The molecule has 0 radical (unpaired) electrons. The minimum atomic E-state index is -0.405. The predicted octanol–water partition coefficient (Wildman–Crippen LogP) is 4.91. The van der Waals surface area contributed by atoms with Gasteiger partial charge in [-0.2, -0.15) is 10.4 Å². The highest BCUT2D eigenvalue weighted by Crippen LogP contribution is 2.35. The number of halogens is 2. The molecule has 10 heteroatoms. The van der Waals surface area contributed by atoms with Crippen LogP contribution in [0.2, 0.25) is 10.0 Å². The number of β-amino-alcohol motifs (C(OH)–C–C–N with tert-alkyl or cyclic N) is 1. The molecular weight excluding hydrogens is 475 g/mol. The molecule has 4 aromatic rings. The normalized spacial score (nSPS) is 16.6. The molecule has 172 valence electrons. The molecule has 5 rings (SSSR count). The summed E-state index contributed by atoms with van der Waals surface area (Å²) in [6.07, 6.45) is 4.62. The monoisotopic (exact) mass is 494 g/mol. The summed E-state index contributed by atoms with van der Waals surface area (Å²) in [7, 11) is 0. The summed E-state index contributed by atoms with van der Waals surface area (Å²) in [5, 5.41) is 28.7. The molecule has 0 bridgehead atoms. The zero-order valence-corrected chi connectivity index (χ0v) is 19.7. The average Bonchev–Trinajstić information content (AvgIpc) is 3.44. The van der Waals surface area contributed by atoms with Gasteiger partial charge >= 0.3 is 0 Å². The number of hydrogen-bond donors (Lipinski definition) is 2. The van der Waals surface area contributed by atoms with Gasteiger partial charge in [-0.15, -0.1) is 0 Å². The summed E-state index contributed by atoms with van der Waals surface area (Å²) in [5.41, 5.74) is 3.28. The molecule has 1 saturated heterocycles. The molecule has 0 amide bonds. The number of aromatic amines is 1. The topological polar surface area (TPSA) is 111 Å². The fraction of sp³-hybridized carbons (Fsp3) is 0.250. The first-order valence-electron chi connectivity index (χ1n) is 10.7. The molecule has 1 fully saturated rings. The van der Waals surface area contributed by atoms with Crippen molar-refractivity contribution in [2.45, 2.75) is 25.6 Å². The van der Waals surface area contributed by atoms with Gasteiger partial charge in [0.05, 0.1) is 27.2 Å². The Morgan fingerprint density at radius 2 is 2.03 bits per heavy atom. The molecule has 1 aromatic carbocycles. The van der Waals surface area contributed by atoms with Crippen LogP contribution >= 0.6 is 23.2 Å². The first kappa shape index (κ1) is 22.4. The molecule has 1 aliphatic rings. The number of aliphatic hydroxyl groups excluding tert-OH is 1. The number of H-pyrrole nitrogens is 1. The van der Waals surface area contributed by atoms with Crippen LogP contribution in [0, 0.1) is 11.3 Å².